The van der Waals surface area contributed by atoms with E-state index in [9.17, 15) is 0 Å². The summed E-state index contributed by atoms with van der Waals surface area (Å²) in [5, 5.41) is 0. The zero-order valence-electron chi connectivity index (χ0n) is 7.56. The van der Waals surface area contributed by atoms with Crippen molar-refractivity contribution in [2.45, 2.75) is 26.5 Å². The molecule has 1 atom stereocenters. The molecule has 0 fully saturated rings. The number of hydrogen-bond donors (Lipinski definition) is 0. The van der Waals surface area contributed by atoms with Gasteiger partial charge in [-0.15, -0.1) is 12.3 Å². The van der Waals surface area contributed by atoms with E-state index < -0.39 is 8.32 Å². The average Bonchev–Trinajstić information content (AvgIpc) is 1.63. The van der Waals surface area contributed by atoms with Crippen molar-refractivity contribution in [1.82, 2.24) is 0 Å². The van der Waals surface area contributed by atoms with E-state index in [4.69, 9.17) is 4.43 Å². The van der Waals surface area contributed by atoms with Gasteiger partial charge >= 0.3 is 23.1 Å². The van der Waals surface area contributed by atoms with Crippen molar-refractivity contribution in [2.24, 2.45) is 0 Å². The molecule has 62 valence electrons. The molecule has 1 unspecified atom stereocenters. The molecule has 0 aromatic heterocycles. The monoisotopic (exact) mass is 202 g/mol. The van der Waals surface area contributed by atoms with E-state index in [0.717, 1.165) is 0 Å². The summed E-state index contributed by atoms with van der Waals surface area (Å²) in [5.74, 6) is 0. The second-order valence-corrected chi connectivity index (χ2v) is 5.95. The van der Waals surface area contributed by atoms with Crippen LogP contribution in [0.25, 0.3) is 0 Å². The minimum Gasteiger partial charge on any atom is -1.00 e. The second kappa shape index (κ2) is 7.61. The van der Waals surface area contributed by atoms with Gasteiger partial charge in [-0.2, -0.15) is 0 Å². The Morgan fingerprint density at radius 1 is 1.55 bits per heavy atom. The molecule has 0 aliphatic carbocycles. The Kier molecular flexibility index (Phi) is 12.4. The molecule has 0 rings (SSSR count). The van der Waals surface area contributed by atoms with Crippen LogP contribution in [0.5, 0.6) is 0 Å². The van der Waals surface area contributed by atoms with E-state index >= 15 is 0 Å². The van der Waals surface area contributed by atoms with E-state index in [0.29, 0.717) is 0 Å². The Hall–Kier alpha value is 0.973. The summed E-state index contributed by atoms with van der Waals surface area (Å²) in [5.41, 5.74) is 1.84. The van der Waals surface area contributed by atoms with Crippen LogP contribution in [-0.4, -0.2) is 37.5 Å². The molecule has 0 spiro atoms. The van der Waals surface area contributed by atoms with Gasteiger partial charge in [0.15, 0.2) is 0 Å². The third-order valence-corrected chi connectivity index (χ3v) is 2.81. The molecule has 1 nitrogen and oxygen atoms in total. The summed E-state index contributed by atoms with van der Waals surface area (Å²) < 4.78 is 5.50. The van der Waals surface area contributed by atoms with E-state index in [1.165, 1.54) is 0 Å². The predicted octanol–water partition coefficient (Wildman–Crippen LogP) is -1.29. The van der Waals surface area contributed by atoms with Crippen LogP contribution in [0.1, 0.15) is 13.8 Å². The van der Waals surface area contributed by atoms with Gasteiger partial charge in [0.25, 0.3) is 0 Å². The van der Waals surface area contributed by atoms with Crippen molar-refractivity contribution < 1.29 is 16.8 Å². The Labute approximate surface area is 93.3 Å². The van der Waals surface area contributed by atoms with Crippen molar-refractivity contribution in [1.29, 1.82) is 0 Å². The first kappa shape index (κ1) is 17.9. The quantitative estimate of drug-likeness (QED) is 0.409. The van der Waals surface area contributed by atoms with Gasteiger partial charge < -0.3 is 23.4 Å². The Balaban J connectivity index is -0.000000320. The maximum Gasteiger partial charge on any atom is 2.00 e. The summed E-state index contributed by atoms with van der Waals surface area (Å²) in [6.07, 6.45) is 0.275. The third kappa shape index (κ3) is 11.0. The first-order valence-corrected chi connectivity index (χ1v) is 5.84. The van der Waals surface area contributed by atoms with Crippen molar-refractivity contribution in [3.63, 3.8) is 0 Å². The summed E-state index contributed by atoms with van der Waals surface area (Å²) in [4.78, 5) is 0. The number of rotatable bonds is 3. The largest absolute Gasteiger partial charge is 2.00 e. The zero-order valence-corrected chi connectivity index (χ0v) is 10.7. The topological polar surface area (TPSA) is 9.23 Å². The molecule has 0 bridgehead atoms. The molecule has 0 saturated carbocycles. The Morgan fingerprint density at radius 3 is 2.00 bits per heavy atom. The van der Waals surface area contributed by atoms with Crippen LogP contribution >= 0.6 is 0 Å². The van der Waals surface area contributed by atoms with Gasteiger partial charge in [-0.05, 0) is 13.8 Å². The fraction of sp³-hybridized carbons (Fsp3) is 0.571. The first-order chi connectivity index (χ1) is 3.98. The smallest absolute Gasteiger partial charge is 1.00 e. The van der Waals surface area contributed by atoms with Crippen molar-refractivity contribution in [3.8, 4) is 0 Å². The third-order valence-electron chi connectivity index (χ3n) is 0.937. The van der Waals surface area contributed by atoms with Crippen LogP contribution in [0.4, 0.5) is 0 Å². The van der Waals surface area contributed by atoms with Crippen molar-refractivity contribution >= 4 is 31.4 Å². The minimum absolute atomic E-state index is 0. The van der Waals surface area contributed by atoms with Crippen LogP contribution in [0.3, 0.4) is 0 Å². The van der Waals surface area contributed by atoms with Gasteiger partial charge in [0.1, 0.15) is 0 Å². The van der Waals surface area contributed by atoms with Gasteiger partial charge in [0.2, 0.25) is 0 Å². The fourth-order valence-electron chi connectivity index (χ4n) is 0.587. The molecule has 0 saturated heterocycles. The maximum atomic E-state index is 5.50. The molecule has 0 radical (unpaired) electrons. The standard InChI is InChI=1S/C7H15OSi.ClH.Mg/c1-6-9(4,5)8-7(2)3;;/h6-7H,1,4H2,2-3,5H3;1H;/q-1;;+2/p-1. The first-order valence-electron chi connectivity index (χ1n) is 3.15. The SMILES string of the molecule is C=C[Si]([CH2-])(C)OC(C)C.[Cl-].[Mg+2]. The number of hydrogen-bond acceptors (Lipinski definition) is 1. The normalized spacial score (nSPS) is 14.3. The van der Waals surface area contributed by atoms with Crippen LogP contribution in [0.15, 0.2) is 12.3 Å². The molecular formula is C7H15ClMgOSi. The van der Waals surface area contributed by atoms with E-state index in [2.05, 4.69) is 13.1 Å². The molecular weight excluding hydrogens is 188 g/mol. The molecule has 0 heterocycles. The van der Waals surface area contributed by atoms with Crippen LogP contribution in [0.2, 0.25) is 6.55 Å². The van der Waals surface area contributed by atoms with Crippen molar-refractivity contribution in [2.75, 3.05) is 0 Å². The molecule has 4 heteroatoms. The van der Waals surface area contributed by atoms with Crippen LogP contribution < -0.4 is 12.4 Å². The molecule has 0 aliphatic heterocycles. The van der Waals surface area contributed by atoms with E-state index in [1.807, 2.05) is 26.1 Å². The molecule has 0 amide bonds. The molecule has 0 aromatic carbocycles. The Bertz CT molecular complexity index is 107. The van der Waals surface area contributed by atoms with Crippen molar-refractivity contribution in [3.05, 3.63) is 18.8 Å². The van der Waals surface area contributed by atoms with E-state index in [-0.39, 0.29) is 41.6 Å². The predicted molar refractivity (Wildman–Crippen MR) is 49.1 cm³/mol. The zero-order chi connectivity index (χ0) is 7.49. The van der Waals surface area contributed by atoms with Gasteiger partial charge in [-0.1, -0.05) is 6.55 Å². The van der Waals surface area contributed by atoms with Crippen LogP contribution in [0, 0.1) is 6.55 Å². The molecule has 0 aromatic rings. The van der Waals surface area contributed by atoms with Crippen LogP contribution in [-0.2, 0) is 4.43 Å². The van der Waals surface area contributed by atoms with Gasteiger partial charge in [0.05, 0.1) is 8.32 Å². The summed E-state index contributed by atoms with van der Waals surface area (Å²) in [7, 11) is -1.73. The molecule has 0 aliphatic rings. The summed E-state index contributed by atoms with van der Waals surface area (Å²) in [6, 6.07) is 0. The van der Waals surface area contributed by atoms with Gasteiger partial charge in [-0.25, -0.2) is 0 Å². The Morgan fingerprint density at radius 2 is 1.91 bits per heavy atom. The maximum absolute atomic E-state index is 5.50. The van der Waals surface area contributed by atoms with Gasteiger partial charge in [0, 0.05) is 6.10 Å². The molecule has 11 heavy (non-hydrogen) atoms. The number of halogens is 1. The summed E-state index contributed by atoms with van der Waals surface area (Å²) >= 11 is 0. The molecule has 0 N–H and O–H groups in total. The second-order valence-electron chi connectivity index (χ2n) is 2.68. The minimum atomic E-state index is -1.73. The summed E-state index contributed by atoms with van der Waals surface area (Å²) in [6.45, 7) is 13.6. The average molecular weight is 203 g/mol. The van der Waals surface area contributed by atoms with Gasteiger partial charge in [-0.3, -0.25) is 0 Å². The fourth-order valence-corrected chi connectivity index (χ4v) is 1.76. The van der Waals surface area contributed by atoms with E-state index in [1.54, 1.807) is 0 Å².